The number of aryl methyl sites for hydroxylation is 1. The first kappa shape index (κ1) is 24.6. The zero-order valence-electron chi connectivity index (χ0n) is 21.0. The second-order valence-corrected chi connectivity index (χ2v) is 9.82. The molecule has 0 bridgehead atoms. The van der Waals surface area contributed by atoms with Gasteiger partial charge in [0.25, 0.3) is 0 Å². The predicted octanol–water partition coefficient (Wildman–Crippen LogP) is 3.95. The van der Waals surface area contributed by atoms with E-state index in [1.165, 1.54) is 0 Å². The molecular formula is C27H31N7O3. The van der Waals surface area contributed by atoms with E-state index in [0.29, 0.717) is 18.8 Å². The topological polar surface area (TPSA) is 132 Å². The van der Waals surface area contributed by atoms with Crippen molar-refractivity contribution in [2.45, 2.75) is 58.5 Å². The molecular weight excluding hydrogens is 470 g/mol. The lowest BCUT2D eigenvalue weighted by Gasteiger charge is -2.20. The molecule has 1 aromatic carbocycles. The lowest BCUT2D eigenvalue weighted by molar-refractivity contribution is -0.142. The highest BCUT2D eigenvalue weighted by atomic mass is 16.4. The number of carboxylic acids is 1. The van der Waals surface area contributed by atoms with Crippen LogP contribution in [0.2, 0.25) is 0 Å². The molecule has 37 heavy (non-hydrogen) atoms. The van der Waals surface area contributed by atoms with Crippen molar-refractivity contribution in [2.75, 3.05) is 0 Å². The Morgan fingerprint density at radius 1 is 1.16 bits per heavy atom. The number of pyridine rings is 1. The van der Waals surface area contributed by atoms with Gasteiger partial charge in [-0.3, -0.25) is 18.9 Å². The fraction of sp³-hybridized carbons (Fsp3) is 0.407. The Bertz CT molecular complexity index is 1420. The van der Waals surface area contributed by atoms with Crippen molar-refractivity contribution in [3.8, 4) is 22.6 Å². The van der Waals surface area contributed by atoms with Gasteiger partial charge in [-0.2, -0.15) is 5.21 Å². The van der Waals surface area contributed by atoms with E-state index in [4.69, 9.17) is 0 Å². The van der Waals surface area contributed by atoms with Crippen LogP contribution in [0.4, 0.5) is 0 Å². The number of hydrogen-bond acceptors (Lipinski definition) is 6. The standard InChI is InChI=1S/C27H31N7O3/c1-3-4-7-19-16-34(24-17(2)10-12-22(24)26(35)36)27(37)33(19)15-18-11-13-23(28-14-18)20-8-5-6-9-21(20)25-29-31-32-30-25/h5-6,8-9,11,13-14,16-17,22,24H,3-4,7,10,12,15H2,1-2H3,(H,35,36)(H,29,30,31,32). The first-order valence-corrected chi connectivity index (χ1v) is 12.8. The minimum Gasteiger partial charge on any atom is -0.481 e. The van der Waals surface area contributed by atoms with E-state index >= 15 is 0 Å². The summed E-state index contributed by atoms with van der Waals surface area (Å²) in [4.78, 5) is 30.2. The summed E-state index contributed by atoms with van der Waals surface area (Å²) in [6, 6.07) is 11.3. The van der Waals surface area contributed by atoms with Crippen LogP contribution >= 0.6 is 0 Å². The maximum atomic E-state index is 13.6. The molecule has 1 aliphatic rings. The van der Waals surface area contributed by atoms with Gasteiger partial charge in [0.1, 0.15) is 0 Å². The molecule has 0 radical (unpaired) electrons. The molecule has 10 nitrogen and oxygen atoms in total. The van der Waals surface area contributed by atoms with Gasteiger partial charge in [-0.25, -0.2) is 4.79 Å². The molecule has 4 aromatic rings. The first-order chi connectivity index (χ1) is 18.0. The Labute approximate surface area is 214 Å². The quantitative estimate of drug-likeness (QED) is 0.355. The Hall–Kier alpha value is -4.08. The van der Waals surface area contributed by atoms with Crippen LogP contribution in [0.15, 0.2) is 53.6 Å². The van der Waals surface area contributed by atoms with Crippen LogP contribution < -0.4 is 5.69 Å². The smallest absolute Gasteiger partial charge is 0.328 e. The summed E-state index contributed by atoms with van der Waals surface area (Å²) in [6.07, 6.45) is 7.81. The van der Waals surface area contributed by atoms with Crippen molar-refractivity contribution >= 4 is 5.97 Å². The van der Waals surface area contributed by atoms with Crippen LogP contribution in [0.1, 0.15) is 56.8 Å². The molecule has 0 spiro atoms. The van der Waals surface area contributed by atoms with E-state index in [0.717, 1.165) is 53.8 Å². The van der Waals surface area contributed by atoms with Gasteiger partial charge in [0, 0.05) is 29.2 Å². The van der Waals surface area contributed by atoms with E-state index in [2.05, 4.69) is 32.5 Å². The van der Waals surface area contributed by atoms with Crippen molar-refractivity contribution in [3.63, 3.8) is 0 Å². The van der Waals surface area contributed by atoms with Crippen LogP contribution in [0.3, 0.4) is 0 Å². The molecule has 3 aromatic heterocycles. The molecule has 2 N–H and O–H groups in total. The van der Waals surface area contributed by atoms with Crippen LogP contribution in [0.25, 0.3) is 22.6 Å². The molecule has 0 saturated heterocycles. The van der Waals surface area contributed by atoms with Gasteiger partial charge in [0.05, 0.1) is 24.2 Å². The first-order valence-electron chi connectivity index (χ1n) is 12.8. The Kier molecular flexibility index (Phi) is 6.98. The summed E-state index contributed by atoms with van der Waals surface area (Å²) in [5, 5.41) is 24.1. The number of unbranched alkanes of at least 4 members (excludes halogenated alkanes) is 1. The third-order valence-corrected chi connectivity index (χ3v) is 7.39. The lowest BCUT2D eigenvalue weighted by Crippen LogP contribution is -2.33. The molecule has 5 rings (SSSR count). The maximum absolute atomic E-state index is 13.6. The fourth-order valence-corrected chi connectivity index (χ4v) is 5.44. The van der Waals surface area contributed by atoms with Crippen LogP contribution in [-0.2, 0) is 17.8 Å². The minimum atomic E-state index is -0.829. The van der Waals surface area contributed by atoms with Crippen LogP contribution in [-0.4, -0.2) is 45.8 Å². The number of nitrogens with one attached hydrogen (secondary N) is 1. The highest BCUT2D eigenvalue weighted by Gasteiger charge is 2.40. The number of carbonyl (C=O) groups is 1. The number of aromatic amines is 1. The van der Waals surface area contributed by atoms with E-state index in [9.17, 15) is 14.7 Å². The van der Waals surface area contributed by atoms with Crippen molar-refractivity contribution in [3.05, 3.63) is 70.5 Å². The van der Waals surface area contributed by atoms with Gasteiger partial charge in [0.2, 0.25) is 5.82 Å². The molecule has 1 fully saturated rings. The summed E-state index contributed by atoms with van der Waals surface area (Å²) in [7, 11) is 0. The second kappa shape index (κ2) is 10.5. The molecule has 0 aliphatic heterocycles. The number of carboxylic acid groups (broad SMARTS) is 1. The van der Waals surface area contributed by atoms with E-state index < -0.39 is 11.9 Å². The molecule has 10 heteroatoms. The van der Waals surface area contributed by atoms with Gasteiger partial charge >= 0.3 is 11.7 Å². The average molecular weight is 502 g/mol. The summed E-state index contributed by atoms with van der Waals surface area (Å²) < 4.78 is 3.47. The normalized spacial score (nSPS) is 19.4. The summed E-state index contributed by atoms with van der Waals surface area (Å²) in [5.41, 5.74) is 4.16. The number of hydrogen-bond donors (Lipinski definition) is 2. The number of H-pyrrole nitrogens is 1. The molecule has 3 unspecified atom stereocenters. The number of nitrogens with zero attached hydrogens (tertiary/aromatic N) is 6. The molecule has 192 valence electrons. The van der Waals surface area contributed by atoms with Gasteiger partial charge in [-0.1, -0.05) is 50.6 Å². The summed E-state index contributed by atoms with van der Waals surface area (Å²) in [6.45, 7) is 4.54. The fourth-order valence-electron chi connectivity index (χ4n) is 5.44. The maximum Gasteiger partial charge on any atom is 0.328 e. The Morgan fingerprint density at radius 2 is 1.97 bits per heavy atom. The Morgan fingerprint density at radius 3 is 2.65 bits per heavy atom. The van der Waals surface area contributed by atoms with Gasteiger partial charge in [-0.15, -0.1) is 10.2 Å². The van der Waals surface area contributed by atoms with E-state index in [1.807, 2.05) is 49.5 Å². The van der Waals surface area contributed by atoms with Crippen molar-refractivity contribution in [1.82, 2.24) is 34.7 Å². The highest BCUT2D eigenvalue weighted by molar-refractivity contribution is 5.78. The number of aliphatic carboxylic acids is 1. The molecule has 1 saturated carbocycles. The number of tetrazole rings is 1. The highest BCUT2D eigenvalue weighted by Crippen LogP contribution is 2.40. The largest absolute Gasteiger partial charge is 0.481 e. The molecule has 3 heterocycles. The van der Waals surface area contributed by atoms with Crippen molar-refractivity contribution < 1.29 is 9.90 Å². The third-order valence-electron chi connectivity index (χ3n) is 7.39. The lowest BCUT2D eigenvalue weighted by atomic mass is 9.99. The number of benzene rings is 1. The third kappa shape index (κ3) is 4.83. The Balaban J connectivity index is 1.46. The van der Waals surface area contributed by atoms with Crippen LogP contribution in [0.5, 0.6) is 0 Å². The van der Waals surface area contributed by atoms with E-state index in [-0.39, 0.29) is 17.6 Å². The zero-order valence-corrected chi connectivity index (χ0v) is 21.0. The monoisotopic (exact) mass is 501 g/mol. The van der Waals surface area contributed by atoms with Gasteiger partial charge in [0.15, 0.2) is 0 Å². The molecule has 3 atom stereocenters. The van der Waals surface area contributed by atoms with Gasteiger partial charge in [-0.05, 0) is 48.4 Å². The van der Waals surface area contributed by atoms with Crippen molar-refractivity contribution in [1.29, 1.82) is 0 Å². The summed E-state index contributed by atoms with van der Waals surface area (Å²) in [5.74, 6) is -0.738. The number of rotatable bonds is 9. The SMILES string of the molecule is CCCCc1cn(C2C(C)CCC2C(=O)O)c(=O)n1Cc1ccc(-c2ccccc2-c2nn[nH]n2)nc1. The number of aromatic nitrogens is 7. The average Bonchev–Trinajstić information content (AvgIpc) is 3.64. The second-order valence-electron chi connectivity index (χ2n) is 9.82. The predicted molar refractivity (Wildman–Crippen MR) is 138 cm³/mol. The molecule has 0 amide bonds. The van der Waals surface area contributed by atoms with Crippen molar-refractivity contribution in [2.24, 2.45) is 11.8 Å². The minimum absolute atomic E-state index is 0.133. The number of imidazole rings is 1. The molecule has 1 aliphatic carbocycles. The van der Waals surface area contributed by atoms with Crippen LogP contribution in [0, 0.1) is 11.8 Å². The zero-order chi connectivity index (χ0) is 25.9. The van der Waals surface area contributed by atoms with E-state index in [1.54, 1.807) is 15.3 Å². The van der Waals surface area contributed by atoms with Gasteiger partial charge < -0.3 is 5.11 Å². The summed E-state index contributed by atoms with van der Waals surface area (Å²) >= 11 is 0.